The Kier molecular flexibility index (Phi) is 2.88. The number of hydrogen-bond donors (Lipinski definition) is 0. The molecule has 0 saturated carbocycles. The Labute approximate surface area is 111 Å². The summed E-state index contributed by atoms with van der Waals surface area (Å²) in [4.78, 5) is 0. The van der Waals surface area contributed by atoms with E-state index >= 15 is 0 Å². The van der Waals surface area contributed by atoms with Crippen LogP contribution in [0.5, 0.6) is 0 Å². The first kappa shape index (κ1) is 11.3. The smallest absolute Gasteiger partial charge is 0.126 e. The summed E-state index contributed by atoms with van der Waals surface area (Å²) in [5.74, 6) is 0.833. The van der Waals surface area contributed by atoms with E-state index in [1.807, 2.05) is 54.6 Å². The van der Waals surface area contributed by atoms with E-state index in [1.54, 1.807) is 6.26 Å². The van der Waals surface area contributed by atoms with Crippen LogP contribution < -0.4 is 0 Å². The molecule has 19 heavy (non-hydrogen) atoms. The number of furan rings is 1. The largest absolute Gasteiger partial charge is 0.465 e. The molecule has 0 radical (unpaired) electrons. The van der Waals surface area contributed by atoms with E-state index in [0.29, 0.717) is 5.56 Å². The fourth-order valence-electron chi connectivity index (χ4n) is 2.00. The number of benzene rings is 2. The summed E-state index contributed by atoms with van der Waals surface area (Å²) in [5.41, 5.74) is 1.79. The van der Waals surface area contributed by atoms with Gasteiger partial charge in [-0.05, 0) is 52.7 Å². The van der Waals surface area contributed by atoms with Gasteiger partial charge in [0.05, 0.1) is 17.9 Å². The highest BCUT2D eigenvalue weighted by atomic mass is 16.3. The van der Waals surface area contributed by atoms with Crippen LogP contribution in [0.3, 0.4) is 0 Å². The molecule has 2 aromatic carbocycles. The molecule has 0 amide bonds. The van der Waals surface area contributed by atoms with Crippen LogP contribution in [-0.2, 0) is 0 Å². The van der Waals surface area contributed by atoms with Crippen LogP contribution in [0.4, 0.5) is 0 Å². The van der Waals surface area contributed by atoms with Gasteiger partial charge in [-0.2, -0.15) is 5.26 Å². The standard InChI is InChI=1S/C17H11NO/c18-12-14-4-7-15-10-13(3-6-16(15)11-14)5-8-17-2-1-9-19-17/h1-11H/b8-5+. The van der Waals surface area contributed by atoms with Gasteiger partial charge < -0.3 is 4.42 Å². The summed E-state index contributed by atoms with van der Waals surface area (Å²) >= 11 is 0. The molecule has 1 aromatic heterocycles. The molecule has 0 saturated heterocycles. The maximum absolute atomic E-state index is 8.87. The van der Waals surface area contributed by atoms with Crippen LogP contribution in [0.25, 0.3) is 22.9 Å². The van der Waals surface area contributed by atoms with Crippen LogP contribution in [0.1, 0.15) is 16.9 Å². The van der Waals surface area contributed by atoms with Gasteiger partial charge in [-0.3, -0.25) is 0 Å². The summed E-state index contributed by atoms with van der Waals surface area (Å²) < 4.78 is 5.25. The highest BCUT2D eigenvalue weighted by Crippen LogP contribution is 2.19. The van der Waals surface area contributed by atoms with Crippen molar-refractivity contribution in [2.24, 2.45) is 0 Å². The van der Waals surface area contributed by atoms with E-state index in [1.165, 1.54) is 0 Å². The molecule has 0 aliphatic heterocycles. The van der Waals surface area contributed by atoms with Crippen molar-refractivity contribution in [1.29, 1.82) is 5.26 Å². The maximum atomic E-state index is 8.87. The molecule has 0 atom stereocenters. The van der Waals surface area contributed by atoms with E-state index in [0.717, 1.165) is 22.1 Å². The summed E-state index contributed by atoms with van der Waals surface area (Å²) in [6, 6.07) is 17.8. The molecular weight excluding hydrogens is 234 g/mol. The van der Waals surface area contributed by atoms with Gasteiger partial charge in [0.1, 0.15) is 5.76 Å². The second kappa shape index (κ2) is 4.83. The number of nitriles is 1. The third kappa shape index (κ3) is 2.41. The van der Waals surface area contributed by atoms with Crippen molar-refractivity contribution in [2.75, 3.05) is 0 Å². The van der Waals surface area contributed by atoms with Gasteiger partial charge in [0.25, 0.3) is 0 Å². The highest BCUT2D eigenvalue weighted by Gasteiger charge is 1.97. The third-order valence-electron chi connectivity index (χ3n) is 2.98. The normalized spacial score (nSPS) is 10.9. The molecule has 0 fully saturated rings. The van der Waals surface area contributed by atoms with E-state index in [2.05, 4.69) is 12.1 Å². The first-order valence-corrected chi connectivity index (χ1v) is 6.01. The number of nitrogens with zero attached hydrogens (tertiary/aromatic N) is 1. The minimum absolute atomic E-state index is 0.686. The Morgan fingerprint density at radius 1 is 0.947 bits per heavy atom. The van der Waals surface area contributed by atoms with Gasteiger partial charge in [-0.15, -0.1) is 0 Å². The van der Waals surface area contributed by atoms with Crippen molar-refractivity contribution in [2.45, 2.75) is 0 Å². The average Bonchev–Trinajstić information content (AvgIpc) is 2.97. The van der Waals surface area contributed by atoms with Crippen molar-refractivity contribution in [3.8, 4) is 6.07 Å². The monoisotopic (exact) mass is 245 g/mol. The zero-order chi connectivity index (χ0) is 13.1. The van der Waals surface area contributed by atoms with Gasteiger partial charge in [0.15, 0.2) is 0 Å². The van der Waals surface area contributed by atoms with Crippen molar-refractivity contribution >= 4 is 22.9 Å². The lowest BCUT2D eigenvalue weighted by molar-refractivity contribution is 0.557. The number of fused-ring (bicyclic) bond motifs is 1. The Morgan fingerprint density at radius 2 is 1.79 bits per heavy atom. The number of hydrogen-bond acceptors (Lipinski definition) is 2. The molecule has 0 unspecified atom stereocenters. The van der Waals surface area contributed by atoms with Gasteiger partial charge in [-0.25, -0.2) is 0 Å². The Hall–Kier alpha value is -2.79. The highest BCUT2D eigenvalue weighted by molar-refractivity contribution is 5.86. The van der Waals surface area contributed by atoms with Gasteiger partial charge in [0.2, 0.25) is 0 Å². The quantitative estimate of drug-likeness (QED) is 0.667. The van der Waals surface area contributed by atoms with Crippen molar-refractivity contribution < 1.29 is 4.42 Å². The van der Waals surface area contributed by atoms with Crippen LogP contribution >= 0.6 is 0 Å². The molecule has 90 valence electrons. The van der Waals surface area contributed by atoms with Gasteiger partial charge in [0, 0.05) is 0 Å². The average molecular weight is 245 g/mol. The van der Waals surface area contributed by atoms with E-state index in [9.17, 15) is 0 Å². The Morgan fingerprint density at radius 3 is 2.58 bits per heavy atom. The maximum Gasteiger partial charge on any atom is 0.126 e. The van der Waals surface area contributed by atoms with E-state index < -0.39 is 0 Å². The Balaban J connectivity index is 1.96. The summed E-state index contributed by atoms with van der Waals surface area (Å²) in [5, 5.41) is 11.1. The molecule has 2 nitrogen and oxygen atoms in total. The van der Waals surface area contributed by atoms with E-state index in [-0.39, 0.29) is 0 Å². The fraction of sp³-hybridized carbons (Fsp3) is 0. The molecule has 2 heteroatoms. The summed E-state index contributed by atoms with van der Waals surface area (Å²) in [6.45, 7) is 0. The molecule has 0 spiro atoms. The SMILES string of the molecule is N#Cc1ccc2cc(/C=C/c3ccco3)ccc2c1. The minimum atomic E-state index is 0.686. The van der Waals surface area contributed by atoms with Crippen LogP contribution in [-0.4, -0.2) is 0 Å². The molecule has 3 aromatic rings. The molecule has 0 bridgehead atoms. The molecule has 1 heterocycles. The van der Waals surface area contributed by atoms with Crippen LogP contribution in [0.2, 0.25) is 0 Å². The first-order valence-electron chi connectivity index (χ1n) is 6.01. The van der Waals surface area contributed by atoms with Crippen LogP contribution in [0.15, 0.2) is 59.2 Å². The zero-order valence-corrected chi connectivity index (χ0v) is 10.2. The van der Waals surface area contributed by atoms with Crippen molar-refractivity contribution in [3.05, 3.63) is 71.7 Å². The summed E-state index contributed by atoms with van der Waals surface area (Å²) in [7, 11) is 0. The summed E-state index contributed by atoms with van der Waals surface area (Å²) in [6.07, 6.45) is 5.60. The lowest BCUT2D eigenvalue weighted by Crippen LogP contribution is -1.78. The topological polar surface area (TPSA) is 36.9 Å². The third-order valence-corrected chi connectivity index (χ3v) is 2.98. The van der Waals surface area contributed by atoms with Gasteiger partial charge >= 0.3 is 0 Å². The lowest BCUT2D eigenvalue weighted by Gasteiger charge is -2.00. The molecule has 3 rings (SSSR count). The minimum Gasteiger partial charge on any atom is -0.465 e. The zero-order valence-electron chi connectivity index (χ0n) is 10.2. The Bertz CT molecular complexity index is 777. The first-order chi connectivity index (χ1) is 9.35. The van der Waals surface area contributed by atoms with E-state index in [4.69, 9.17) is 9.68 Å². The second-order valence-corrected chi connectivity index (χ2v) is 4.28. The second-order valence-electron chi connectivity index (χ2n) is 4.28. The van der Waals surface area contributed by atoms with Crippen molar-refractivity contribution in [3.63, 3.8) is 0 Å². The molecular formula is C17H11NO. The molecule has 0 aliphatic carbocycles. The van der Waals surface area contributed by atoms with Crippen LogP contribution in [0, 0.1) is 11.3 Å². The predicted octanol–water partition coefficient (Wildman–Crippen LogP) is 4.47. The van der Waals surface area contributed by atoms with Gasteiger partial charge in [-0.1, -0.05) is 24.3 Å². The molecule has 0 aliphatic rings. The lowest BCUT2D eigenvalue weighted by atomic mass is 10.0. The fourth-order valence-corrected chi connectivity index (χ4v) is 2.00. The number of rotatable bonds is 2. The predicted molar refractivity (Wildman–Crippen MR) is 76.3 cm³/mol. The van der Waals surface area contributed by atoms with Crippen molar-refractivity contribution in [1.82, 2.24) is 0 Å². The molecule has 0 N–H and O–H groups in total.